The first-order chi connectivity index (χ1) is 12.5. The minimum atomic E-state index is -1.14. The number of likely N-dealkylation sites (N-methyl/N-ethyl adjacent to an activating group) is 1. The van der Waals surface area contributed by atoms with Gasteiger partial charge in [0, 0.05) is 27.3 Å². The first-order valence-corrected chi connectivity index (χ1v) is 9.42. The van der Waals surface area contributed by atoms with E-state index in [9.17, 15) is 19.2 Å². The zero-order valence-electron chi connectivity index (χ0n) is 17.2. The Morgan fingerprint density at radius 3 is 2.33 bits per heavy atom. The van der Waals surface area contributed by atoms with Gasteiger partial charge in [0.15, 0.2) is 5.78 Å². The average Bonchev–Trinajstić information content (AvgIpc) is 2.55. The first kappa shape index (κ1) is 22.9. The molecule has 1 rings (SSSR count). The first-order valence-electron chi connectivity index (χ1n) is 9.42. The van der Waals surface area contributed by atoms with Gasteiger partial charge in [-0.05, 0) is 32.1 Å². The van der Waals surface area contributed by atoms with Gasteiger partial charge in [0.05, 0.1) is 0 Å². The summed E-state index contributed by atoms with van der Waals surface area (Å²) in [7, 11) is 1.51. The molecule has 0 bridgehead atoms. The molecule has 27 heavy (non-hydrogen) atoms. The Kier molecular flexibility index (Phi) is 8.24. The zero-order chi connectivity index (χ0) is 20.8. The van der Waals surface area contributed by atoms with Gasteiger partial charge in [-0.15, -0.1) is 0 Å². The summed E-state index contributed by atoms with van der Waals surface area (Å²) in [6.07, 6.45) is 1.23. The highest BCUT2D eigenvalue weighted by Gasteiger charge is 2.42. The molecule has 0 spiro atoms. The molecular weight excluding hydrogens is 352 g/mol. The predicted molar refractivity (Wildman–Crippen MR) is 98.7 cm³/mol. The molecule has 1 N–H and O–H groups in total. The van der Waals surface area contributed by atoms with Gasteiger partial charge >= 0.3 is 12.1 Å². The van der Waals surface area contributed by atoms with Crippen LogP contribution in [0.2, 0.25) is 0 Å². The lowest BCUT2D eigenvalue weighted by atomic mass is 9.81. The smallest absolute Gasteiger partial charge is 0.413 e. The van der Waals surface area contributed by atoms with Crippen molar-refractivity contribution in [1.29, 1.82) is 0 Å². The molecule has 0 aliphatic heterocycles. The zero-order valence-corrected chi connectivity index (χ0v) is 17.2. The lowest BCUT2D eigenvalue weighted by molar-refractivity contribution is -0.170. The van der Waals surface area contributed by atoms with Crippen LogP contribution >= 0.6 is 0 Å². The highest BCUT2D eigenvalue weighted by molar-refractivity contribution is 5.91. The van der Waals surface area contributed by atoms with E-state index in [4.69, 9.17) is 9.47 Å². The van der Waals surface area contributed by atoms with Crippen molar-refractivity contribution in [3.8, 4) is 0 Å². The van der Waals surface area contributed by atoms with Crippen LogP contribution in [0.1, 0.15) is 66.7 Å². The average molecular weight is 384 g/mol. The quantitative estimate of drug-likeness (QED) is 0.534. The van der Waals surface area contributed by atoms with E-state index in [0.717, 1.165) is 12.8 Å². The number of hydrogen-bond donors (Lipinski definition) is 1. The van der Waals surface area contributed by atoms with Gasteiger partial charge < -0.3 is 14.8 Å². The predicted octanol–water partition coefficient (Wildman–Crippen LogP) is 2.40. The van der Waals surface area contributed by atoms with Crippen molar-refractivity contribution < 1.29 is 28.7 Å². The van der Waals surface area contributed by atoms with Crippen LogP contribution in [0.3, 0.4) is 0 Å². The number of nitrogens with zero attached hydrogens (tertiary/aromatic N) is 1. The maximum Gasteiger partial charge on any atom is 0.413 e. The van der Waals surface area contributed by atoms with Crippen molar-refractivity contribution >= 4 is 23.8 Å². The topological polar surface area (TPSA) is 102 Å². The second kappa shape index (κ2) is 9.71. The lowest BCUT2D eigenvalue weighted by Crippen LogP contribution is -2.55. The van der Waals surface area contributed by atoms with Crippen LogP contribution in [-0.2, 0) is 23.9 Å². The van der Waals surface area contributed by atoms with Crippen LogP contribution in [0.25, 0.3) is 0 Å². The number of esters is 1. The largest absolute Gasteiger partial charge is 0.424 e. The van der Waals surface area contributed by atoms with Crippen molar-refractivity contribution in [1.82, 2.24) is 10.2 Å². The van der Waals surface area contributed by atoms with E-state index in [2.05, 4.69) is 5.32 Å². The van der Waals surface area contributed by atoms with Gasteiger partial charge in [-0.1, -0.05) is 20.3 Å². The Labute approximate surface area is 160 Å². The van der Waals surface area contributed by atoms with Crippen LogP contribution in [-0.4, -0.2) is 53.6 Å². The summed E-state index contributed by atoms with van der Waals surface area (Å²) in [6.45, 7) is 8.31. The Balaban J connectivity index is 2.66. The van der Waals surface area contributed by atoms with E-state index in [1.165, 1.54) is 25.8 Å². The highest BCUT2D eigenvalue weighted by atomic mass is 16.7. The third-order valence-electron chi connectivity index (χ3n) is 4.85. The van der Waals surface area contributed by atoms with Crippen LogP contribution in [0.4, 0.5) is 4.79 Å². The van der Waals surface area contributed by atoms with E-state index in [-0.39, 0.29) is 17.6 Å². The fourth-order valence-electron chi connectivity index (χ4n) is 3.14. The number of amides is 2. The lowest BCUT2D eigenvalue weighted by Gasteiger charge is -2.39. The molecule has 1 aliphatic carbocycles. The molecule has 2 amide bonds. The number of Topliss-reactive ketones (excluding diaryl/α,β-unsaturated/α-hetero) is 1. The van der Waals surface area contributed by atoms with Gasteiger partial charge in [0.25, 0.3) is 0 Å². The van der Waals surface area contributed by atoms with Crippen molar-refractivity contribution in [2.24, 2.45) is 5.92 Å². The Hall–Kier alpha value is -2.12. The van der Waals surface area contributed by atoms with Crippen molar-refractivity contribution in [3.05, 3.63) is 0 Å². The number of carbonyl (C=O) groups excluding carboxylic acids is 4. The minimum absolute atomic E-state index is 0.000466. The molecule has 0 aromatic rings. The molecular formula is C19H32N2O6. The second-order valence-corrected chi connectivity index (χ2v) is 7.73. The molecule has 0 saturated heterocycles. The maximum atomic E-state index is 12.4. The number of ether oxygens (including phenoxy) is 2. The molecule has 3 atom stereocenters. The molecule has 1 saturated carbocycles. The maximum absolute atomic E-state index is 12.4. The summed E-state index contributed by atoms with van der Waals surface area (Å²) >= 11 is 0. The number of rotatable bonds is 7. The summed E-state index contributed by atoms with van der Waals surface area (Å²) in [4.78, 5) is 49.5. The number of nitrogens with one attached hydrogen (secondary N) is 1. The van der Waals surface area contributed by atoms with Gasteiger partial charge in [-0.25, -0.2) is 9.59 Å². The fourth-order valence-corrected chi connectivity index (χ4v) is 3.14. The normalized spacial score (nSPS) is 22.0. The van der Waals surface area contributed by atoms with E-state index in [1.54, 1.807) is 6.92 Å². The van der Waals surface area contributed by atoms with Gasteiger partial charge in [0.1, 0.15) is 11.6 Å². The van der Waals surface area contributed by atoms with Crippen molar-refractivity contribution in [2.45, 2.75) is 84.6 Å². The molecule has 1 fully saturated rings. The molecule has 1 aliphatic rings. The molecule has 8 nitrogen and oxygen atoms in total. The standard InChI is InChI=1S/C19H32N2O6/c1-12(2)11-15(20-13(3)22)17(24)26-14(4)27-18(25)21(6)19(5)10-8-7-9-16(19)23/h12,14-15H,7-11H2,1-6H3,(H,20,22)/t14?,15-,19+/m0/s1. The Morgan fingerprint density at radius 1 is 1.19 bits per heavy atom. The molecule has 0 aromatic heterocycles. The molecule has 0 aromatic carbocycles. The van der Waals surface area contributed by atoms with Crippen molar-refractivity contribution in [2.75, 3.05) is 7.05 Å². The summed E-state index contributed by atoms with van der Waals surface area (Å²) in [5.41, 5.74) is -0.907. The van der Waals surface area contributed by atoms with E-state index in [0.29, 0.717) is 19.3 Å². The fraction of sp³-hybridized carbons (Fsp3) is 0.789. The van der Waals surface area contributed by atoms with Crippen LogP contribution in [0.5, 0.6) is 0 Å². The summed E-state index contributed by atoms with van der Waals surface area (Å²) < 4.78 is 10.4. The Morgan fingerprint density at radius 2 is 1.81 bits per heavy atom. The summed E-state index contributed by atoms with van der Waals surface area (Å²) in [5.74, 6) is -0.844. The van der Waals surface area contributed by atoms with Crippen LogP contribution in [0, 0.1) is 5.92 Å². The van der Waals surface area contributed by atoms with Crippen LogP contribution < -0.4 is 5.32 Å². The minimum Gasteiger partial charge on any atom is -0.424 e. The molecule has 0 radical (unpaired) electrons. The number of hydrogen-bond acceptors (Lipinski definition) is 6. The van der Waals surface area contributed by atoms with Gasteiger partial charge in [-0.3, -0.25) is 14.5 Å². The third kappa shape index (κ3) is 6.52. The molecule has 1 unspecified atom stereocenters. The van der Waals surface area contributed by atoms with E-state index < -0.39 is 29.9 Å². The SMILES string of the molecule is CC(=O)N[C@@H](CC(C)C)C(=O)OC(C)OC(=O)N(C)[C@]1(C)CCCCC1=O. The van der Waals surface area contributed by atoms with E-state index >= 15 is 0 Å². The third-order valence-corrected chi connectivity index (χ3v) is 4.85. The summed E-state index contributed by atoms with van der Waals surface area (Å²) in [5, 5.41) is 2.55. The molecule has 8 heteroatoms. The van der Waals surface area contributed by atoms with Crippen molar-refractivity contribution in [3.63, 3.8) is 0 Å². The highest BCUT2D eigenvalue weighted by Crippen LogP contribution is 2.30. The number of carbonyl (C=O) groups is 4. The Bertz CT molecular complexity index is 577. The van der Waals surface area contributed by atoms with Gasteiger partial charge in [0.2, 0.25) is 12.2 Å². The second-order valence-electron chi connectivity index (χ2n) is 7.73. The molecule has 154 valence electrons. The summed E-state index contributed by atoms with van der Waals surface area (Å²) in [6, 6.07) is -0.807. The number of ketones is 1. The van der Waals surface area contributed by atoms with E-state index in [1.807, 2.05) is 13.8 Å². The van der Waals surface area contributed by atoms with Crippen LogP contribution in [0.15, 0.2) is 0 Å². The monoisotopic (exact) mass is 384 g/mol. The van der Waals surface area contributed by atoms with Gasteiger partial charge in [-0.2, -0.15) is 0 Å². The molecule has 0 heterocycles.